The Hall–Kier alpha value is -1.84. The smallest absolute Gasteiger partial charge is 0.239 e. The number of aliphatic hydroxyl groups excluding tert-OH is 1. The molecular formula is C19H24Cl2N4O4. The number of para-hydroxylation sites is 1. The van der Waals surface area contributed by atoms with E-state index in [0.717, 1.165) is 26.2 Å². The van der Waals surface area contributed by atoms with E-state index < -0.39 is 6.10 Å². The van der Waals surface area contributed by atoms with Crippen molar-refractivity contribution in [2.45, 2.75) is 13.0 Å². The van der Waals surface area contributed by atoms with Crippen LogP contribution in [0.5, 0.6) is 5.75 Å². The molecule has 29 heavy (non-hydrogen) atoms. The number of piperazine rings is 1. The second kappa shape index (κ2) is 10.3. The number of benzene rings is 1. The molecule has 8 nitrogen and oxygen atoms in total. The van der Waals surface area contributed by atoms with Crippen LogP contribution in [0.25, 0.3) is 0 Å². The van der Waals surface area contributed by atoms with Gasteiger partial charge in [-0.25, -0.2) is 0 Å². The lowest BCUT2D eigenvalue weighted by atomic mass is 10.2. The number of rotatable bonds is 8. The second-order valence-electron chi connectivity index (χ2n) is 6.96. The molecule has 0 spiro atoms. The summed E-state index contributed by atoms with van der Waals surface area (Å²) in [5.74, 6) is 1.32. The maximum absolute atomic E-state index is 12.1. The van der Waals surface area contributed by atoms with Gasteiger partial charge in [0.1, 0.15) is 18.5 Å². The third-order valence-electron chi connectivity index (χ3n) is 4.54. The molecule has 1 fully saturated rings. The summed E-state index contributed by atoms with van der Waals surface area (Å²) < 4.78 is 10.5. The largest absolute Gasteiger partial charge is 0.488 e. The van der Waals surface area contributed by atoms with Crippen molar-refractivity contribution in [2.24, 2.45) is 0 Å². The third kappa shape index (κ3) is 6.58. The van der Waals surface area contributed by atoms with Crippen molar-refractivity contribution in [2.75, 3.05) is 51.2 Å². The summed E-state index contributed by atoms with van der Waals surface area (Å²) in [5.41, 5.74) is 0. The van der Waals surface area contributed by atoms with Crippen molar-refractivity contribution >= 4 is 34.9 Å². The summed E-state index contributed by atoms with van der Waals surface area (Å²) in [5, 5.41) is 17.6. The van der Waals surface area contributed by atoms with Gasteiger partial charge in [0.15, 0.2) is 11.6 Å². The Morgan fingerprint density at radius 3 is 2.55 bits per heavy atom. The highest BCUT2D eigenvalue weighted by Crippen LogP contribution is 2.32. The zero-order valence-corrected chi connectivity index (χ0v) is 17.6. The average molecular weight is 443 g/mol. The number of aliphatic hydroxyl groups is 1. The quantitative estimate of drug-likeness (QED) is 0.647. The maximum Gasteiger partial charge on any atom is 0.239 e. The van der Waals surface area contributed by atoms with Crippen molar-refractivity contribution in [3.05, 3.63) is 40.1 Å². The van der Waals surface area contributed by atoms with Gasteiger partial charge in [0, 0.05) is 38.8 Å². The molecule has 1 amide bonds. The van der Waals surface area contributed by atoms with Crippen LogP contribution < -0.4 is 10.1 Å². The van der Waals surface area contributed by atoms with E-state index in [1.54, 1.807) is 31.2 Å². The molecule has 158 valence electrons. The number of anilines is 1. The van der Waals surface area contributed by atoms with Gasteiger partial charge < -0.3 is 19.7 Å². The van der Waals surface area contributed by atoms with Gasteiger partial charge in [0.05, 0.1) is 16.6 Å². The number of carbonyl (C=O) groups is 1. The van der Waals surface area contributed by atoms with E-state index in [-0.39, 0.29) is 19.1 Å². The Balaban J connectivity index is 1.36. The Labute approximate surface area is 179 Å². The number of amides is 1. The molecule has 1 aliphatic heterocycles. The molecule has 2 heterocycles. The monoisotopic (exact) mass is 442 g/mol. The SMILES string of the molecule is Cc1cc(NC(=O)CN2CCN(CC(O)COc3c(Cl)cccc3Cl)CC2)no1. The first-order valence-electron chi connectivity index (χ1n) is 9.33. The average Bonchev–Trinajstić information content (AvgIpc) is 3.07. The maximum atomic E-state index is 12.1. The lowest BCUT2D eigenvalue weighted by molar-refractivity contribution is -0.117. The van der Waals surface area contributed by atoms with Gasteiger partial charge in [0.2, 0.25) is 5.91 Å². The fourth-order valence-corrected chi connectivity index (χ4v) is 3.60. The molecule has 3 rings (SSSR count). The molecule has 10 heteroatoms. The summed E-state index contributed by atoms with van der Waals surface area (Å²) in [6.45, 7) is 5.59. The minimum Gasteiger partial charge on any atom is -0.488 e. The summed E-state index contributed by atoms with van der Waals surface area (Å²) in [4.78, 5) is 16.3. The number of hydrogen-bond donors (Lipinski definition) is 2. The van der Waals surface area contributed by atoms with Crippen LogP contribution in [0.4, 0.5) is 5.82 Å². The van der Waals surface area contributed by atoms with Crippen molar-refractivity contribution in [3.8, 4) is 5.75 Å². The van der Waals surface area contributed by atoms with Gasteiger partial charge in [-0.2, -0.15) is 0 Å². The third-order valence-corrected chi connectivity index (χ3v) is 5.13. The zero-order valence-electron chi connectivity index (χ0n) is 16.1. The number of nitrogens with one attached hydrogen (secondary N) is 1. The van der Waals surface area contributed by atoms with E-state index in [1.165, 1.54) is 0 Å². The zero-order chi connectivity index (χ0) is 20.8. The molecule has 1 atom stereocenters. The van der Waals surface area contributed by atoms with Gasteiger partial charge in [0.25, 0.3) is 0 Å². The lowest BCUT2D eigenvalue weighted by Gasteiger charge is -2.35. The first kappa shape index (κ1) is 21.9. The fourth-order valence-electron chi connectivity index (χ4n) is 3.09. The predicted molar refractivity (Wildman–Crippen MR) is 111 cm³/mol. The van der Waals surface area contributed by atoms with Crippen LogP contribution >= 0.6 is 23.2 Å². The Morgan fingerprint density at radius 1 is 1.28 bits per heavy atom. The number of nitrogens with zero attached hydrogens (tertiary/aromatic N) is 3. The Morgan fingerprint density at radius 2 is 1.93 bits per heavy atom. The molecule has 0 radical (unpaired) electrons. The van der Waals surface area contributed by atoms with Crippen molar-refractivity contribution < 1.29 is 19.2 Å². The van der Waals surface area contributed by atoms with Crippen molar-refractivity contribution in [1.82, 2.24) is 15.0 Å². The number of ether oxygens (including phenoxy) is 1. The van der Waals surface area contributed by atoms with Gasteiger partial charge in [-0.3, -0.25) is 14.6 Å². The fraction of sp³-hybridized carbons (Fsp3) is 0.474. The van der Waals surface area contributed by atoms with Gasteiger partial charge >= 0.3 is 0 Å². The molecule has 1 unspecified atom stereocenters. The minimum absolute atomic E-state index is 0.100. The van der Waals surface area contributed by atoms with E-state index in [0.29, 0.717) is 33.9 Å². The molecule has 0 aliphatic carbocycles. The van der Waals surface area contributed by atoms with Crippen LogP contribution in [0.1, 0.15) is 5.76 Å². The Bertz CT molecular complexity index is 804. The van der Waals surface area contributed by atoms with Crippen molar-refractivity contribution in [1.29, 1.82) is 0 Å². The van der Waals surface area contributed by atoms with E-state index in [2.05, 4.69) is 20.3 Å². The van der Waals surface area contributed by atoms with Crippen LogP contribution in [0.2, 0.25) is 10.0 Å². The number of halogens is 2. The van der Waals surface area contributed by atoms with Gasteiger partial charge in [-0.05, 0) is 19.1 Å². The number of carbonyl (C=O) groups excluding carboxylic acids is 1. The van der Waals surface area contributed by atoms with Gasteiger partial charge in [-0.1, -0.05) is 34.4 Å². The molecule has 0 bridgehead atoms. The summed E-state index contributed by atoms with van der Waals surface area (Å²) in [6, 6.07) is 6.79. The number of aromatic nitrogens is 1. The molecule has 1 aromatic carbocycles. The van der Waals surface area contributed by atoms with Crippen molar-refractivity contribution in [3.63, 3.8) is 0 Å². The van der Waals surface area contributed by atoms with E-state index in [9.17, 15) is 9.90 Å². The van der Waals surface area contributed by atoms with E-state index in [1.807, 2.05) is 0 Å². The standard InChI is InChI=1S/C19H24Cl2N4O4/c1-13-9-17(23-29-13)22-18(27)11-25-7-5-24(6-8-25)10-14(26)12-28-19-15(20)3-2-4-16(19)21/h2-4,9,14,26H,5-8,10-12H2,1H3,(H,22,23,27). The second-order valence-corrected chi connectivity index (χ2v) is 7.78. The summed E-state index contributed by atoms with van der Waals surface area (Å²) in [7, 11) is 0. The molecule has 1 aliphatic rings. The molecule has 1 aromatic heterocycles. The molecule has 0 saturated carbocycles. The lowest BCUT2D eigenvalue weighted by Crippen LogP contribution is -2.50. The highest BCUT2D eigenvalue weighted by atomic mass is 35.5. The highest BCUT2D eigenvalue weighted by molar-refractivity contribution is 6.37. The van der Waals surface area contributed by atoms with Crippen LogP contribution in [0.3, 0.4) is 0 Å². The summed E-state index contributed by atoms with van der Waals surface area (Å²) >= 11 is 12.1. The normalized spacial score (nSPS) is 16.6. The first-order chi connectivity index (χ1) is 13.9. The number of hydrogen-bond acceptors (Lipinski definition) is 7. The van der Waals surface area contributed by atoms with E-state index in [4.69, 9.17) is 32.5 Å². The van der Waals surface area contributed by atoms with Gasteiger partial charge in [-0.15, -0.1) is 0 Å². The number of β-amino-alcohol motifs (C(OH)–C–C–N with tert-alkyl or cyclic N) is 1. The molecule has 2 N–H and O–H groups in total. The Kier molecular flexibility index (Phi) is 7.74. The molecule has 1 saturated heterocycles. The van der Waals surface area contributed by atoms with Crippen LogP contribution in [0, 0.1) is 6.92 Å². The number of aryl methyl sites for hydroxylation is 1. The minimum atomic E-state index is -0.674. The molecule has 2 aromatic rings. The van der Waals surface area contributed by atoms with Crippen LogP contribution in [0.15, 0.2) is 28.8 Å². The first-order valence-corrected chi connectivity index (χ1v) is 10.1. The predicted octanol–water partition coefficient (Wildman–Crippen LogP) is 2.29. The molecular weight excluding hydrogens is 419 g/mol. The van der Waals surface area contributed by atoms with E-state index >= 15 is 0 Å². The van der Waals surface area contributed by atoms with Crippen LogP contribution in [-0.4, -0.2) is 77.9 Å². The highest BCUT2D eigenvalue weighted by Gasteiger charge is 2.21. The summed E-state index contributed by atoms with van der Waals surface area (Å²) in [6.07, 6.45) is -0.674. The van der Waals surface area contributed by atoms with Crippen LogP contribution in [-0.2, 0) is 4.79 Å². The topological polar surface area (TPSA) is 91.1 Å².